The number of thiazole rings is 1. The second-order valence-electron chi connectivity index (χ2n) is 6.67. The van der Waals surface area contributed by atoms with Crippen LogP contribution in [0.3, 0.4) is 0 Å². The molecule has 1 aromatic heterocycles. The fourth-order valence-corrected chi connectivity index (χ4v) is 3.28. The van der Waals surface area contributed by atoms with Crippen LogP contribution in [0.25, 0.3) is 0 Å². The van der Waals surface area contributed by atoms with Gasteiger partial charge in [-0.3, -0.25) is 0 Å². The van der Waals surface area contributed by atoms with E-state index in [4.69, 9.17) is 9.47 Å². The van der Waals surface area contributed by atoms with Crippen molar-refractivity contribution in [2.45, 2.75) is 52.2 Å². The topological polar surface area (TPSA) is 80.8 Å². The number of carbonyl (C=O) groups is 2. The van der Waals surface area contributed by atoms with Gasteiger partial charge in [0, 0.05) is 24.5 Å². The maximum absolute atomic E-state index is 11.9. The first kappa shape index (κ1) is 18.5. The number of amides is 1. The van der Waals surface area contributed by atoms with Crippen molar-refractivity contribution in [2.75, 3.05) is 24.6 Å². The highest BCUT2D eigenvalue weighted by Crippen LogP contribution is 2.24. The molecule has 1 atom stereocenters. The molecule has 134 valence electrons. The zero-order valence-electron chi connectivity index (χ0n) is 14.6. The number of hydrogen-bond acceptors (Lipinski definition) is 7. The first-order valence-electron chi connectivity index (χ1n) is 8.15. The van der Waals surface area contributed by atoms with Crippen LogP contribution in [0.1, 0.15) is 51.0 Å². The second kappa shape index (κ2) is 7.83. The molecule has 1 aliphatic heterocycles. The van der Waals surface area contributed by atoms with Crippen LogP contribution < -0.4 is 10.2 Å². The van der Waals surface area contributed by atoms with Crippen molar-refractivity contribution in [1.29, 1.82) is 0 Å². The van der Waals surface area contributed by atoms with Crippen LogP contribution in [0.2, 0.25) is 0 Å². The molecule has 7 nitrogen and oxygen atoms in total. The number of rotatable bonds is 4. The van der Waals surface area contributed by atoms with Crippen molar-refractivity contribution >= 4 is 28.5 Å². The minimum absolute atomic E-state index is 0.00328. The molecule has 0 aliphatic carbocycles. The number of nitrogens with zero attached hydrogens (tertiary/aromatic N) is 2. The fourth-order valence-electron chi connectivity index (χ4n) is 2.45. The first-order chi connectivity index (χ1) is 11.3. The standard InChI is InChI=1S/C16H25N3O4S/c1-5-22-13(20)12-10-24-14(18-12)19-8-6-7-11(9-19)17-15(21)23-16(2,3)4/h10-11H,5-9H2,1-4H3,(H,17,21)/t11-/m1/s1. The summed E-state index contributed by atoms with van der Waals surface area (Å²) in [6, 6.07) is 0.00328. The molecule has 2 heterocycles. The van der Waals surface area contributed by atoms with E-state index in [-0.39, 0.29) is 6.04 Å². The minimum atomic E-state index is -0.512. The Bertz CT molecular complexity index is 582. The molecule has 1 aromatic rings. The third-order valence-corrected chi connectivity index (χ3v) is 4.29. The lowest BCUT2D eigenvalue weighted by atomic mass is 10.1. The molecule has 1 fully saturated rings. The van der Waals surface area contributed by atoms with Gasteiger partial charge in [-0.05, 0) is 40.5 Å². The number of nitrogens with one attached hydrogen (secondary N) is 1. The molecule has 1 amide bonds. The Balaban J connectivity index is 1.93. The number of alkyl carbamates (subject to hydrolysis) is 1. The van der Waals surface area contributed by atoms with Gasteiger partial charge in [0.1, 0.15) is 5.60 Å². The van der Waals surface area contributed by atoms with Gasteiger partial charge in [0.25, 0.3) is 0 Å². The summed E-state index contributed by atoms with van der Waals surface area (Å²) in [5.74, 6) is -0.402. The van der Waals surface area contributed by atoms with Crippen molar-refractivity contribution in [1.82, 2.24) is 10.3 Å². The third-order valence-electron chi connectivity index (χ3n) is 3.39. The summed E-state index contributed by atoms with van der Waals surface area (Å²) in [5.41, 5.74) is -0.179. The molecule has 0 radical (unpaired) electrons. The Morgan fingerprint density at radius 3 is 2.88 bits per heavy atom. The molecule has 0 aromatic carbocycles. The van der Waals surface area contributed by atoms with Gasteiger partial charge in [-0.1, -0.05) is 0 Å². The van der Waals surface area contributed by atoms with E-state index in [0.29, 0.717) is 18.8 Å². The van der Waals surface area contributed by atoms with Crippen LogP contribution in [0.15, 0.2) is 5.38 Å². The SMILES string of the molecule is CCOC(=O)c1csc(N2CCC[C@@H](NC(=O)OC(C)(C)C)C2)n1. The highest BCUT2D eigenvalue weighted by Gasteiger charge is 2.26. The summed E-state index contributed by atoms with van der Waals surface area (Å²) >= 11 is 1.41. The van der Waals surface area contributed by atoms with E-state index >= 15 is 0 Å². The molecule has 0 unspecified atom stereocenters. The fraction of sp³-hybridized carbons (Fsp3) is 0.688. The van der Waals surface area contributed by atoms with Crippen LogP contribution in [0.5, 0.6) is 0 Å². The zero-order chi connectivity index (χ0) is 17.7. The van der Waals surface area contributed by atoms with E-state index in [2.05, 4.69) is 15.2 Å². The minimum Gasteiger partial charge on any atom is -0.461 e. The number of aromatic nitrogens is 1. The van der Waals surface area contributed by atoms with Crippen LogP contribution in [-0.2, 0) is 9.47 Å². The second-order valence-corrected chi connectivity index (χ2v) is 7.50. The van der Waals surface area contributed by atoms with Crippen molar-refractivity contribution in [2.24, 2.45) is 0 Å². The molecular formula is C16H25N3O4S. The molecule has 0 bridgehead atoms. The van der Waals surface area contributed by atoms with Crippen LogP contribution in [-0.4, -0.2) is 48.4 Å². The predicted molar refractivity (Wildman–Crippen MR) is 92.7 cm³/mol. The van der Waals surface area contributed by atoms with Crippen LogP contribution in [0.4, 0.5) is 9.93 Å². The first-order valence-corrected chi connectivity index (χ1v) is 9.03. The van der Waals surface area contributed by atoms with Gasteiger partial charge in [-0.25, -0.2) is 14.6 Å². The zero-order valence-corrected chi connectivity index (χ0v) is 15.4. The van der Waals surface area contributed by atoms with Gasteiger partial charge in [0.05, 0.1) is 6.61 Å². The molecule has 24 heavy (non-hydrogen) atoms. The Morgan fingerprint density at radius 1 is 1.46 bits per heavy atom. The van der Waals surface area contributed by atoms with E-state index in [1.54, 1.807) is 12.3 Å². The molecule has 1 N–H and O–H groups in total. The van der Waals surface area contributed by atoms with Crippen LogP contribution >= 0.6 is 11.3 Å². The number of esters is 1. The molecule has 1 aliphatic rings. The van der Waals surface area contributed by atoms with E-state index in [1.165, 1.54) is 11.3 Å². The Hall–Kier alpha value is -1.83. The van der Waals surface area contributed by atoms with E-state index in [0.717, 1.165) is 24.5 Å². The smallest absolute Gasteiger partial charge is 0.407 e. The Kier molecular flexibility index (Phi) is 6.04. The predicted octanol–water partition coefficient (Wildman–Crippen LogP) is 2.81. The third kappa shape index (κ3) is 5.36. The number of piperidine rings is 1. The maximum Gasteiger partial charge on any atom is 0.407 e. The highest BCUT2D eigenvalue weighted by atomic mass is 32.1. The summed E-state index contributed by atoms with van der Waals surface area (Å²) in [6.45, 7) is 9.11. The average Bonchev–Trinajstić information content (AvgIpc) is 2.95. The number of carbonyl (C=O) groups excluding carboxylic acids is 2. The number of anilines is 1. The number of hydrogen-bond donors (Lipinski definition) is 1. The van der Waals surface area contributed by atoms with Gasteiger partial charge < -0.3 is 19.7 Å². The van der Waals surface area contributed by atoms with E-state index < -0.39 is 17.7 Å². The lowest BCUT2D eigenvalue weighted by Gasteiger charge is -2.33. The van der Waals surface area contributed by atoms with Gasteiger partial charge in [-0.2, -0.15) is 0 Å². The Labute approximate surface area is 146 Å². The van der Waals surface area contributed by atoms with Gasteiger partial charge in [-0.15, -0.1) is 11.3 Å². The van der Waals surface area contributed by atoms with E-state index in [9.17, 15) is 9.59 Å². The lowest BCUT2D eigenvalue weighted by molar-refractivity contribution is 0.0496. The van der Waals surface area contributed by atoms with Crippen molar-refractivity contribution in [3.63, 3.8) is 0 Å². The molecule has 0 saturated carbocycles. The van der Waals surface area contributed by atoms with Crippen molar-refractivity contribution in [3.05, 3.63) is 11.1 Å². The maximum atomic E-state index is 11.9. The average molecular weight is 355 g/mol. The molecule has 2 rings (SSSR count). The normalized spacial score (nSPS) is 18.2. The van der Waals surface area contributed by atoms with Crippen molar-refractivity contribution < 1.29 is 19.1 Å². The highest BCUT2D eigenvalue weighted by molar-refractivity contribution is 7.13. The molecular weight excluding hydrogens is 330 g/mol. The summed E-state index contributed by atoms with van der Waals surface area (Å²) in [4.78, 5) is 30.1. The van der Waals surface area contributed by atoms with E-state index in [1.807, 2.05) is 20.8 Å². The monoisotopic (exact) mass is 355 g/mol. The quantitative estimate of drug-likeness (QED) is 0.837. The van der Waals surface area contributed by atoms with Crippen molar-refractivity contribution in [3.8, 4) is 0 Å². The number of ether oxygens (including phenoxy) is 2. The summed E-state index contributed by atoms with van der Waals surface area (Å²) in [6.07, 6.45) is 1.43. The molecule has 8 heteroatoms. The van der Waals surface area contributed by atoms with Gasteiger partial charge in [0.15, 0.2) is 10.8 Å². The van der Waals surface area contributed by atoms with Gasteiger partial charge >= 0.3 is 12.1 Å². The summed E-state index contributed by atoms with van der Waals surface area (Å²) < 4.78 is 10.3. The molecule has 1 saturated heterocycles. The summed E-state index contributed by atoms with van der Waals surface area (Å²) in [7, 11) is 0. The van der Waals surface area contributed by atoms with Crippen LogP contribution in [0, 0.1) is 0 Å². The Morgan fingerprint density at radius 2 is 2.21 bits per heavy atom. The lowest BCUT2D eigenvalue weighted by Crippen LogP contribution is -2.49. The largest absolute Gasteiger partial charge is 0.461 e. The molecule has 0 spiro atoms. The summed E-state index contributed by atoms with van der Waals surface area (Å²) in [5, 5.41) is 5.39. The van der Waals surface area contributed by atoms with Gasteiger partial charge in [0.2, 0.25) is 0 Å².